The van der Waals surface area contributed by atoms with Gasteiger partial charge in [0.05, 0.1) is 6.57 Å². The molecular formula is C10H10ClNS. The maximum absolute atomic E-state index is 7.00. The average molecular weight is 212 g/mol. The van der Waals surface area contributed by atoms with Gasteiger partial charge >= 0.3 is 0 Å². The Morgan fingerprint density at radius 3 is 2.69 bits per heavy atom. The highest BCUT2D eigenvalue weighted by Crippen LogP contribution is 2.37. The summed E-state index contributed by atoms with van der Waals surface area (Å²) in [6.07, 6.45) is 0. The zero-order valence-corrected chi connectivity index (χ0v) is 9.12. The van der Waals surface area contributed by atoms with Crippen molar-refractivity contribution in [1.29, 1.82) is 0 Å². The van der Waals surface area contributed by atoms with Gasteiger partial charge in [-0.3, -0.25) is 0 Å². The standard InChI is InChI=1S/C10H10ClNS/c1-7(2)13-9-6-4-5-8(11)10(9)12-3/h4-7H,1-2H3. The van der Waals surface area contributed by atoms with Crippen molar-refractivity contribution in [3.05, 3.63) is 34.6 Å². The highest BCUT2D eigenvalue weighted by Gasteiger charge is 2.08. The molecule has 0 unspecified atom stereocenters. The summed E-state index contributed by atoms with van der Waals surface area (Å²) in [5.41, 5.74) is 0.572. The van der Waals surface area contributed by atoms with E-state index in [4.69, 9.17) is 18.2 Å². The third-order valence-corrected chi connectivity index (χ3v) is 2.78. The second-order valence-electron chi connectivity index (χ2n) is 2.86. The van der Waals surface area contributed by atoms with Gasteiger partial charge in [0.15, 0.2) is 0 Å². The fourth-order valence-electron chi connectivity index (χ4n) is 0.953. The third-order valence-electron chi connectivity index (χ3n) is 1.42. The molecule has 0 spiro atoms. The van der Waals surface area contributed by atoms with Crippen LogP contribution in [0.25, 0.3) is 4.85 Å². The van der Waals surface area contributed by atoms with E-state index in [9.17, 15) is 0 Å². The maximum Gasteiger partial charge on any atom is 0.218 e. The molecule has 0 radical (unpaired) electrons. The van der Waals surface area contributed by atoms with E-state index in [-0.39, 0.29) is 0 Å². The summed E-state index contributed by atoms with van der Waals surface area (Å²) in [5, 5.41) is 1.01. The van der Waals surface area contributed by atoms with Gasteiger partial charge in [0.1, 0.15) is 0 Å². The van der Waals surface area contributed by atoms with E-state index in [0.717, 1.165) is 4.90 Å². The van der Waals surface area contributed by atoms with Crippen molar-refractivity contribution in [1.82, 2.24) is 0 Å². The van der Waals surface area contributed by atoms with Crippen LogP contribution in [0.4, 0.5) is 5.69 Å². The fraction of sp³-hybridized carbons (Fsp3) is 0.300. The lowest BCUT2D eigenvalue weighted by Gasteiger charge is -2.07. The van der Waals surface area contributed by atoms with Crippen molar-refractivity contribution in [2.45, 2.75) is 24.0 Å². The topological polar surface area (TPSA) is 4.36 Å². The Balaban J connectivity index is 3.07. The molecule has 0 atom stereocenters. The van der Waals surface area contributed by atoms with Crippen LogP contribution in [0.15, 0.2) is 23.1 Å². The second-order valence-corrected chi connectivity index (χ2v) is 4.89. The molecule has 1 aromatic rings. The van der Waals surface area contributed by atoms with E-state index >= 15 is 0 Å². The molecule has 0 saturated heterocycles. The van der Waals surface area contributed by atoms with Gasteiger partial charge in [0.2, 0.25) is 5.69 Å². The summed E-state index contributed by atoms with van der Waals surface area (Å²) < 4.78 is 0. The SMILES string of the molecule is [C-]#[N+]c1c(Cl)cccc1SC(C)C. The van der Waals surface area contributed by atoms with Crippen molar-refractivity contribution in [3.8, 4) is 0 Å². The zero-order chi connectivity index (χ0) is 9.84. The normalized spacial score (nSPS) is 10.1. The van der Waals surface area contributed by atoms with E-state index in [1.165, 1.54) is 0 Å². The van der Waals surface area contributed by atoms with Crippen molar-refractivity contribution in [3.63, 3.8) is 0 Å². The van der Waals surface area contributed by atoms with E-state index in [2.05, 4.69) is 18.7 Å². The van der Waals surface area contributed by atoms with Gasteiger partial charge in [-0.25, -0.2) is 4.85 Å². The maximum atomic E-state index is 7.00. The molecule has 1 nitrogen and oxygen atoms in total. The van der Waals surface area contributed by atoms with Crippen LogP contribution in [-0.4, -0.2) is 5.25 Å². The van der Waals surface area contributed by atoms with Crippen LogP contribution in [0.1, 0.15) is 13.8 Å². The summed E-state index contributed by atoms with van der Waals surface area (Å²) in [4.78, 5) is 4.39. The summed E-state index contributed by atoms with van der Waals surface area (Å²) in [6, 6.07) is 5.56. The van der Waals surface area contributed by atoms with Gasteiger partial charge in [-0.05, 0) is 0 Å². The minimum absolute atomic E-state index is 0.471. The first-order valence-corrected chi connectivity index (χ1v) is 5.23. The van der Waals surface area contributed by atoms with Crippen molar-refractivity contribution < 1.29 is 0 Å². The fourth-order valence-corrected chi connectivity index (χ4v) is 2.16. The molecule has 1 aromatic carbocycles. The first-order chi connectivity index (χ1) is 6.15. The lowest BCUT2D eigenvalue weighted by atomic mass is 10.3. The van der Waals surface area contributed by atoms with E-state index in [1.54, 1.807) is 17.8 Å². The molecule has 13 heavy (non-hydrogen) atoms. The Bertz CT molecular complexity index is 341. The van der Waals surface area contributed by atoms with Crippen LogP contribution < -0.4 is 0 Å². The van der Waals surface area contributed by atoms with Gasteiger partial charge < -0.3 is 0 Å². The highest BCUT2D eigenvalue weighted by molar-refractivity contribution is 8.00. The molecule has 0 aliphatic carbocycles. The molecule has 0 fully saturated rings. The van der Waals surface area contributed by atoms with Crippen LogP contribution in [-0.2, 0) is 0 Å². The number of halogens is 1. The van der Waals surface area contributed by atoms with Gasteiger partial charge in [-0.15, -0.1) is 11.8 Å². The van der Waals surface area contributed by atoms with Crippen molar-refractivity contribution in [2.24, 2.45) is 0 Å². The lowest BCUT2D eigenvalue weighted by molar-refractivity contribution is 1.11. The number of para-hydroxylation sites is 1. The number of hydrogen-bond acceptors (Lipinski definition) is 1. The molecule has 0 bridgehead atoms. The van der Waals surface area contributed by atoms with Crippen molar-refractivity contribution in [2.75, 3.05) is 0 Å². The Hall–Kier alpha value is -0.650. The minimum atomic E-state index is 0.471. The predicted molar refractivity (Wildman–Crippen MR) is 58.7 cm³/mol. The molecule has 0 aliphatic rings. The van der Waals surface area contributed by atoms with Crippen LogP contribution in [0.3, 0.4) is 0 Å². The first kappa shape index (κ1) is 10.4. The first-order valence-electron chi connectivity index (χ1n) is 3.97. The molecule has 0 saturated carbocycles. The smallest absolute Gasteiger partial charge is 0.218 e. The molecule has 0 amide bonds. The Morgan fingerprint density at radius 1 is 1.46 bits per heavy atom. The number of nitrogens with zero attached hydrogens (tertiary/aromatic N) is 1. The Morgan fingerprint density at radius 2 is 2.15 bits per heavy atom. The third kappa shape index (κ3) is 2.65. The monoisotopic (exact) mass is 211 g/mol. The Labute approximate surface area is 87.9 Å². The van der Waals surface area contributed by atoms with Gasteiger partial charge in [0.25, 0.3) is 0 Å². The van der Waals surface area contributed by atoms with Gasteiger partial charge in [-0.2, -0.15) is 0 Å². The molecular weight excluding hydrogens is 202 g/mol. The predicted octanol–water partition coefficient (Wildman–Crippen LogP) is 4.39. The van der Waals surface area contributed by atoms with Crippen LogP contribution in [0.5, 0.6) is 0 Å². The molecule has 0 aliphatic heterocycles. The van der Waals surface area contributed by atoms with Gasteiger partial charge in [-0.1, -0.05) is 43.6 Å². The summed E-state index contributed by atoms with van der Waals surface area (Å²) >= 11 is 7.55. The molecule has 0 aromatic heterocycles. The van der Waals surface area contributed by atoms with E-state index in [0.29, 0.717) is 16.0 Å². The number of benzene rings is 1. The largest absolute Gasteiger partial charge is 0.235 e. The van der Waals surface area contributed by atoms with Crippen molar-refractivity contribution >= 4 is 29.1 Å². The zero-order valence-electron chi connectivity index (χ0n) is 7.54. The minimum Gasteiger partial charge on any atom is -0.235 e. The van der Waals surface area contributed by atoms with Gasteiger partial charge in [0, 0.05) is 15.2 Å². The number of rotatable bonds is 2. The van der Waals surface area contributed by atoms with Crippen LogP contribution >= 0.6 is 23.4 Å². The Kier molecular flexibility index (Phi) is 3.65. The summed E-state index contributed by atoms with van der Waals surface area (Å²) in [6.45, 7) is 11.2. The van der Waals surface area contributed by atoms with Crippen LogP contribution in [0.2, 0.25) is 5.02 Å². The molecule has 0 heterocycles. The van der Waals surface area contributed by atoms with E-state index < -0.39 is 0 Å². The average Bonchev–Trinajstić information content (AvgIpc) is 2.03. The molecule has 1 rings (SSSR count). The quantitative estimate of drug-likeness (QED) is 0.519. The lowest BCUT2D eigenvalue weighted by Crippen LogP contribution is -1.85. The van der Waals surface area contributed by atoms with Crippen LogP contribution in [0, 0.1) is 6.57 Å². The second kappa shape index (κ2) is 4.55. The summed E-state index contributed by atoms with van der Waals surface area (Å²) in [7, 11) is 0. The highest BCUT2D eigenvalue weighted by atomic mass is 35.5. The van der Waals surface area contributed by atoms with E-state index in [1.807, 2.05) is 12.1 Å². The molecule has 0 N–H and O–H groups in total. The molecule has 68 valence electrons. The summed E-state index contributed by atoms with van der Waals surface area (Å²) in [5.74, 6) is 0. The number of thioether (sulfide) groups is 1. The number of hydrogen-bond donors (Lipinski definition) is 0. The molecule has 3 heteroatoms.